The van der Waals surface area contributed by atoms with Crippen LogP contribution in [0.15, 0.2) is 5.38 Å². The summed E-state index contributed by atoms with van der Waals surface area (Å²) in [4.78, 5) is 26.2. The molecular formula is C11H16N2O7S. The number of aromatic nitrogens is 1. The van der Waals surface area contributed by atoms with Gasteiger partial charge < -0.3 is 30.5 Å². The van der Waals surface area contributed by atoms with Crippen molar-refractivity contribution in [3.63, 3.8) is 0 Å². The summed E-state index contributed by atoms with van der Waals surface area (Å²) >= 11 is 0.967. The Bertz CT molecular complexity index is 507. The lowest BCUT2D eigenvalue weighted by Gasteiger charge is -2.24. The largest absolute Gasteiger partial charge is 0.467 e. The van der Waals surface area contributed by atoms with Crippen molar-refractivity contribution in [3.05, 3.63) is 16.1 Å². The molecule has 0 aromatic carbocycles. The van der Waals surface area contributed by atoms with Crippen molar-refractivity contribution in [2.24, 2.45) is 5.73 Å². The second-order valence-electron chi connectivity index (χ2n) is 4.04. The number of hydrogen-bond acceptors (Lipinski definition) is 10. The lowest BCUT2D eigenvalue weighted by molar-refractivity contribution is -0.162. The Kier molecular flexibility index (Phi) is 6.18. The number of aliphatic hydroxyl groups excluding tert-OH is 3. The highest BCUT2D eigenvalue weighted by molar-refractivity contribution is 7.09. The number of nitrogens with zero attached hydrogens (tertiary/aromatic N) is 1. The Balaban J connectivity index is 2.82. The molecule has 0 bridgehead atoms. The van der Waals surface area contributed by atoms with Crippen LogP contribution in [0.1, 0.15) is 21.5 Å². The van der Waals surface area contributed by atoms with Gasteiger partial charge in [-0.1, -0.05) is 0 Å². The number of carbonyl (C=O) groups is 2. The SMILES string of the molecule is COC(=O)c1csc([C@@H](N)[C@H](O)[C@H](O)[C@H](O)C(=O)OC)n1. The van der Waals surface area contributed by atoms with Crippen molar-refractivity contribution < 1.29 is 34.4 Å². The number of rotatable bonds is 6. The van der Waals surface area contributed by atoms with Crippen LogP contribution in [-0.2, 0) is 14.3 Å². The standard InChI is InChI=1S/C11H16N2O7S/c1-19-10(17)4-3-21-9(13-4)5(12)6(14)7(15)8(16)11(18)20-2/h3,5-8,14-16H,12H2,1-2H3/t5-,6-,7-,8-/m0/s1. The van der Waals surface area contributed by atoms with Gasteiger partial charge in [0.25, 0.3) is 0 Å². The van der Waals surface area contributed by atoms with Crippen molar-refractivity contribution in [1.82, 2.24) is 4.98 Å². The van der Waals surface area contributed by atoms with Crippen LogP contribution in [0, 0.1) is 0 Å². The maximum Gasteiger partial charge on any atom is 0.357 e. The van der Waals surface area contributed by atoms with Crippen LogP contribution in [0.5, 0.6) is 0 Å². The first-order valence-electron chi connectivity index (χ1n) is 5.74. The summed E-state index contributed by atoms with van der Waals surface area (Å²) in [5.74, 6) is -1.78. The minimum absolute atomic E-state index is 0.00292. The number of nitrogens with two attached hydrogens (primary N) is 1. The van der Waals surface area contributed by atoms with Gasteiger partial charge in [-0.3, -0.25) is 0 Å². The molecule has 4 atom stereocenters. The summed E-state index contributed by atoms with van der Waals surface area (Å²) < 4.78 is 8.72. The van der Waals surface area contributed by atoms with E-state index >= 15 is 0 Å². The van der Waals surface area contributed by atoms with E-state index in [4.69, 9.17) is 5.73 Å². The zero-order chi connectivity index (χ0) is 16.2. The molecule has 1 heterocycles. The van der Waals surface area contributed by atoms with Crippen LogP contribution in [-0.4, -0.2) is 64.8 Å². The minimum Gasteiger partial charge on any atom is -0.467 e. The van der Waals surface area contributed by atoms with Gasteiger partial charge in [0, 0.05) is 5.38 Å². The predicted molar refractivity (Wildman–Crippen MR) is 70.4 cm³/mol. The smallest absolute Gasteiger partial charge is 0.357 e. The van der Waals surface area contributed by atoms with Crippen LogP contribution in [0.4, 0.5) is 0 Å². The fourth-order valence-corrected chi connectivity index (χ4v) is 2.27. The maximum atomic E-state index is 11.3. The molecule has 0 spiro atoms. The van der Waals surface area contributed by atoms with Gasteiger partial charge in [0.15, 0.2) is 11.8 Å². The van der Waals surface area contributed by atoms with Gasteiger partial charge in [-0.25, -0.2) is 14.6 Å². The molecule has 5 N–H and O–H groups in total. The number of hydrogen-bond donors (Lipinski definition) is 4. The van der Waals surface area contributed by atoms with Crippen molar-refractivity contribution in [2.45, 2.75) is 24.4 Å². The number of ether oxygens (including phenoxy) is 2. The first kappa shape index (κ1) is 17.5. The zero-order valence-corrected chi connectivity index (χ0v) is 12.1. The van der Waals surface area contributed by atoms with Gasteiger partial charge in [0.05, 0.1) is 20.3 Å². The highest BCUT2D eigenvalue weighted by atomic mass is 32.1. The fraction of sp³-hybridized carbons (Fsp3) is 0.545. The van der Waals surface area contributed by atoms with Gasteiger partial charge in [-0.2, -0.15) is 0 Å². The van der Waals surface area contributed by atoms with Crippen LogP contribution in [0.25, 0.3) is 0 Å². The summed E-state index contributed by atoms with van der Waals surface area (Å²) in [5.41, 5.74) is 5.70. The lowest BCUT2D eigenvalue weighted by Crippen LogP contribution is -2.47. The maximum absolute atomic E-state index is 11.3. The van der Waals surface area contributed by atoms with E-state index in [9.17, 15) is 24.9 Å². The van der Waals surface area contributed by atoms with E-state index in [2.05, 4.69) is 14.5 Å². The van der Waals surface area contributed by atoms with Crippen LogP contribution in [0.2, 0.25) is 0 Å². The summed E-state index contributed by atoms with van der Waals surface area (Å²) in [7, 11) is 2.21. The molecule has 1 aromatic heterocycles. The van der Waals surface area contributed by atoms with E-state index in [1.807, 2.05) is 0 Å². The number of aliphatic hydroxyl groups is 3. The number of esters is 2. The van der Waals surface area contributed by atoms with Crippen LogP contribution >= 0.6 is 11.3 Å². The average Bonchev–Trinajstić information content (AvgIpc) is 3.00. The van der Waals surface area contributed by atoms with Gasteiger partial charge in [0.2, 0.25) is 0 Å². The van der Waals surface area contributed by atoms with Crippen molar-refractivity contribution in [2.75, 3.05) is 14.2 Å². The number of methoxy groups -OCH3 is 2. The molecule has 1 rings (SSSR count). The lowest BCUT2D eigenvalue weighted by atomic mass is 10.0. The summed E-state index contributed by atoms with van der Waals surface area (Å²) in [6, 6.07) is -1.21. The van der Waals surface area contributed by atoms with E-state index in [0.29, 0.717) is 0 Å². The van der Waals surface area contributed by atoms with Crippen molar-refractivity contribution >= 4 is 23.3 Å². The molecule has 10 heteroatoms. The Labute approximate surface area is 123 Å². The third-order valence-electron chi connectivity index (χ3n) is 2.69. The number of carbonyl (C=O) groups excluding carboxylic acids is 2. The van der Waals surface area contributed by atoms with Gasteiger partial charge in [-0.15, -0.1) is 11.3 Å². The number of thiazole rings is 1. The van der Waals surface area contributed by atoms with Crippen molar-refractivity contribution in [3.8, 4) is 0 Å². The Morgan fingerprint density at radius 3 is 2.38 bits per heavy atom. The van der Waals surface area contributed by atoms with E-state index in [1.54, 1.807) is 0 Å². The summed E-state index contributed by atoms with van der Waals surface area (Å²) in [6.45, 7) is 0. The fourth-order valence-electron chi connectivity index (χ4n) is 1.44. The molecule has 1 aromatic rings. The summed E-state index contributed by atoms with van der Waals surface area (Å²) in [6.07, 6.45) is -5.50. The molecule has 118 valence electrons. The van der Waals surface area contributed by atoms with E-state index in [0.717, 1.165) is 18.4 Å². The second-order valence-corrected chi connectivity index (χ2v) is 4.93. The Morgan fingerprint density at radius 2 is 1.86 bits per heavy atom. The Hall–Kier alpha value is -1.59. The molecule has 0 radical (unpaired) electrons. The molecule has 0 amide bonds. The van der Waals surface area contributed by atoms with Gasteiger partial charge >= 0.3 is 11.9 Å². The molecule has 0 saturated carbocycles. The average molecular weight is 320 g/mol. The van der Waals surface area contributed by atoms with Crippen LogP contribution < -0.4 is 5.73 Å². The molecular weight excluding hydrogens is 304 g/mol. The molecule has 9 nitrogen and oxygen atoms in total. The van der Waals surface area contributed by atoms with E-state index in [-0.39, 0.29) is 10.7 Å². The normalized spacial score (nSPS) is 16.7. The highest BCUT2D eigenvalue weighted by Gasteiger charge is 2.36. The first-order valence-corrected chi connectivity index (χ1v) is 6.62. The van der Waals surface area contributed by atoms with Crippen molar-refractivity contribution in [1.29, 1.82) is 0 Å². The monoisotopic (exact) mass is 320 g/mol. The molecule has 0 aliphatic carbocycles. The molecule has 21 heavy (non-hydrogen) atoms. The van der Waals surface area contributed by atoms with Gasteiger partial charge in [0.1, 0.15) is 17.2 Å². The Morgan fingerprint density at radius 1 is 1.24 bits per heavy atom. The second kappa shape index (κ2) is 7.43. The van der Waals surface area contributed by atoms with Gasteiger partial charge in [-0.05, 0) is 0 Å². The summed E-state index contributed by atoms with van der Waals surface area (Å²) in [5, 5.41) is 30.5. The van der Waals surface area contributed by atoms with E-state index in [1.165, 1.54) is 12.5 Å². The molecule has 0 unspecified atom stereocenters. The molecule has 0 aliphatic heterocycles. The topological polar surface area (TPSA) is 152 Å². The minimum atomic E-state index is -1.95. The predicted octanol–water partition coefficient (Wildman–Crippen LogP) is -1.81. The zero-order valence-electron chi connectivity index (χ0n) is 11.3. The highest BCUT2D eigenvalue weighted by Crippen LogP contribution is 2.22. The van der Waals surface area contributed by atoms with E-state index < -0.39 is 36.3 Å². The molecule has 0 saturated heterocycles. The van der Waals surface area contributed by atoms with Crippen LogP contribution in [0.3, 0.4) is 0 Å². The molecule has 0 fully saturated rings. The first-order chi connectivity index (χ1) is 9.83. The third kappa shape index (κ3) is 3.95. The third-order valence-corrected chi connectivity index (χ3v) is 3.63. The molecule has 0 aliphatic rings. The quantitative estimate of drug-likeness (QED) is 0.444.